The minimum atomic E-state index is -1.31. The van der Waals surface area contributed by atoms with E-state index in [9.17, 15) is 14.3 Å². The maximum absolute atomic E-state index is 12.9. The van der Waals surface area contributed by atoms with E-state index in [1.807, 2.05) is 20.8 Å². The number of nitrogens with one attached hydrogen (secondary N) is 2. The first-order valence-corrected chi connectivity index (χ1v) is 8.03. The lowest BCUT2D eigenvalue weighted by molar-refractivity contribution is 0.0593. The van der Waals surface area contributed by atoms with Crippen LogP contribution in [0.25, 0.3) is 0 Å². The number of rotatable bonds is 5. The Morgan fingerprint density at radius 2 is 1.84 bits per heavy atom. The summed E-state index contributed by atoms with van der Waals surface area (Å²) in [6.07, 6.45) is 1.65. The number of benzene rings is 1. The van der Waals surface area contributed by atoms with Crippen LogP contribution in [-0.4, -0.2) is 22.7 Å². The quantitative estimate of drug-likeness (QED) is 0.775. The highest BCUT2D eigenvalue weighted by atomic mass is 19.1. The summed E-state index contributed by atoms with van der Waals surface area (Å²) in [7, 11) is 0. The molecule has 2 aromatic rings. The van der Waals surface area contributed by atoms with Crippen molar-refractivity contribution in [3.63, 3.8) is 0 Å². The van der Waals surface area contributed by atoms with Crippen LogP contribution < -0.4 is 10.6 Å². The predicted octanol–water partition coefficient (Wildman–Crippen LogP) is 2.82. The van der Waals surface area contributed by atoms with E-state index < -0.39 is 11.6 Å². The Hall–Kier alpha value is -2.41. The van der Waals surface area contributed by atoms with Gasteiger partial charge in [-0.2, -0.15) is 0 Å². The van der Waals surface area contributed by atoms with Crippen molar-refractivity contribution >= 4 is 6.03 Å². The second-order valence-electron chi connectivity index (χ2n) is 7.19. The van der Waals surface area contributed by atoms with Gasteiger partial charge in [0.15, 0.2) is 0 Å². The molecule has 0 saturated heterocycles. The standard InChI is InChI=1S/C18H24FN3O3/c1-17(2,3)14-9-20-15(25-14)10-21-16(23)22-11-18(4,24)12-5-7-13(19)8-6-12/h5-9,24H,10-11H2,1-4H3,(H2,21,22,23). The van der Waals surface area contributed by atoms with Gasteiger partial charge in [0.2, 0.25) is 5.89 Å². The SMILES string of the molecule is CC(C)(C)c1cnc(CNC(=O)NCC(C)(O)c2ccc(F)cc2)o1. The van der Waals surface area contributed by atoms with Crippen molar-refractivity contribution in [2.75, 3.05) is 6.54 Å². The molecule has 2 rings (SSSR count). The predicted molar refractivity (Wildman–Crippen MR) is 91.4 cm³/mol. The molecule has 1 heterocycles. The molecule has 6 nitrogen and oxygen atoms in total. The van der Waals surface area contributed by atoms with Crippen LogP contribution in [0, 0.1) is 5.82 Å². The van der Waals surface area contributed by atoms with Crippen LogP contribution in [-0.2, 0) is 17.6 Å². The number of carbonyl (C=O) groups excluding carboxylic acids is 1. The molecule has 0 aliphatic rings. The Labute approximate surface area is 146 Å². The molecular formula is C18H24FN3O3. The van der Waals surface area contributed by atoms with Crippen molar-refractivity contribution in [3.8, 4) is 0 Å². The highest BCUT2D eigenvalue weighted by Crippen LogP contribution is 2.22. The molecule has 0 aliphatic carbocycles. The van der Waals surface area contributed by atoms with E-state index in [1.165, 1.54) is 24.3 Å². The van der Waals surface area contributed by atoms with Crippen LogP contribution in [0.4, 0.5) is 9.18 Å². The summed E-state index contributed by atoms with van der Waals surface area (Å²) in [4.78, 5) is 16.0. The Morgan fingerprint density at radius 3 is 2.40 bits per heavy atom. The lowest BCUT2D eigenvalue weighted by Gasteiger charge is -2.24. The average Bonchev–Trinajstić information content (AvgIpc) is 3.01. The van der Waals surface area contributed by atoms with Crippen molar-refractivity contribution in [1.29, 1.82) is 0 Å². The van der Waals surface area contributed by atoms with E-state index in [4.69, 9.17) is 4.42 Å². The highest BCUT2D eigenvalue weighted by molar-refractivity contribution is 5.73. The van der Waals surface area contributed by atoms with Crippen LogP contribution >= 0.6 is 0 Å². The third-order valence-corrected chi connectivity index (χ3v) is 3.75. The van der Waals surface area contributed by atoms with Crippen LogP contribution in [0.5, 0.6) is 0 Å². The van der Waals surface area contributed by atoms with Gasteiger partial charge in [-0.15, -0.1) is 0 Å². The van der Waals surface area contributed by atoms with Crippen LogP contribution in [0.2, 0.25) is 0 Å². The second kappa shape index (κ2) is 7.23. The normalized spacial score (nSPS) is 14.0. The molecule has 0 bridgehead atoms. The monoisotopic (exact) mass is 349 g/mol. The molecule has 0 spiro atoms. The highest BCUT2D eigenvalue weighted by Gasteiger charge is 2.24. The van der Waals surface area contributed by atoms with Gasteiger partial charge in [-0.1, -0.05) is 32.9 Å². The van der Waals surface area contributed by atoms with Gasteiger partial charge >= 0.3 is 6.03 Å². The maximum atomic E-state index is 12.9. The molecule has 0 radical (unpaired) electrons. The zero-order chi connectivity index (χ0) is 18.7. The number of amides is 2. The van der Waals surface area contributed by atoms with Crippen LogP contribution in [0.1, 0.15) is 44.9 Å². The molecule has 0 aliphatic heterocycles. The number of nitrogens with zero attached hydrogens (tertiary/aromatic N) is 1. The molecule has 1 atom stereocenters. The van der Waals surface area contributed by atoms with Gasteiger partial charge < -0.3 is 20.2 Å². The van der Waals surface area contributed by atoms with E-state index >= 15 is 0 Å². The Balaban J connectivity index is 1.84. The molecule has 0 saturated carbocycles. The maximum Gasteiger partial charge on any atom is 0.315 e. The lowest BCUT2D eigenvalue weighted by Crippen LogP contribution is -2.43. The number of hydrogen-bond acceptors (Lipinski definition) is 4. The number of halogens is 1. The second-order valence-corrected chi connectivity index (χ2v) is 7.19. The van der Waals surface area contributed by atoms with Crippen molar-refractivity contribution in [2.45, 2.75) is 45.3 Å². The summed E-state index contributed by atoms with van der Waals surface area (Å²) in [5.41, 5.74) is -0.953. The fourth-order valence-corrected chi connectivity index (χ4v) is 2.12. The van der Waals surface area contributed by atoms with Crippen LogP contribution in [0.3, 0.4) is 0 Å². The van der Waals surface area contributed by atoms with Gasteiger partial charge in [0.05, 0.1) is 19.3 Å². The third kappa shape index (κ3) is 5.29. The van der Waals surface area contributed by atoms with E-state index in [-0.39, 0.29) is 24.3 Å². The Bertz CT molecular complexity index is 718. The summed E-state index contributed by atoms with van der Waals surface area (Å²) in [6.45, 7) is 7.69. The lowest BCUT2D eigenvalue weighted by atomic mass is 9.94. The van der Waals surface area contributed by atoms with Gasteiger partial charge in [-0.25, -0.2) is 14.2 Å². The molecule has 1 aromatic heterocycles. The molecule has 25 heavy (non-hydrogen) atoms. The number of oxazole rings is 1. The van der Waals surface area contributed by atoms with Gasteiger partial charge in [-0.3, -0.25) is 0 Å². The zero-order valence-corrected chi connectivity index (χ0v) is 14.9. The van der Waals surface area contributed by atoms with E-state index in [0.717, 1.165) is 5.76 Å². The Morgan fingerprint density at radius 1 is 1.20 bits per heavy atom. The largest absolute Gasteiger partial charge is 0.443 e. The topological polar surface area (TPSA) is 87.4 Å². The first-order valence-electron chi connectivity index (χ1n) is 8.03. The smallest absolute Gasteiger partial charge is 0.315 e. The molecular weight excluding hydrogens is 325 g/mol. The molecule has 1 unspecified atom stereocenters. The summed E-state index contributed by atoms with van der Waals surface area (Å²) < 4.78 is 18.5. The number of aromatic nitrogens is 1. The minimum absolute atomic E-state index is 0.0245. The van der Waals surface area contributed by atoms with Crippen molar-refractivity contribution in [1.82, 2.24) is 15.6 Å². The van der Waals surface area contributed by atoms with Crippen molar-refractivity contribution < 1.29 is 18.7 Å². The summed E-state index contributed by atoms with van der Waals surface area (Å²) in [5.74, 6) is 0.764. The summed E-state index contributed by atoms with van der Waals surface area (Å²) in [6, 6.07) is 5.03. The number of hydrogen-bond donors (Lipinski definition) is 3. The zero-order valence-electron chi connectivity index (χ0n) is 14.9. The van der Waals surface area contributed by atoms with Crippen molar-refractivity contribution in [2.24, 2.45) is 0 Å². The van der Waals surface area contributed by atoms with E-state index in [0.29, 0.717) is 11.5 Å². The van der Waals surface area contributed by atoms with Crippen LogP contribution in [0.15, 0.2) is 34.9 Å². The van der Waals surface area contributed by atoms with E-state index in [2.05, 4.69) is 15.6 Å². The fourth-order valence-electron chi connectivity index (χ4n) is 2.12. The van der Waals surface area contributed by atoms with Gasteiger partial charge in [-0.05, 0) is 24.6 Å². The molecule has 3 N–H and O–H groups in total. The van der Waals surface area contributed by atoms with Crippen molar-refractivity contribution in [3.05, 3.63) is 53.5 Å². The van der Waals surface area contributed by atoms with Gasteiger partial charge in [0.25, 0.3) is 0 Å². The van der Waals surface area contributed by atoms with Gasteiger partial charge in [0, 0.05) is 5.41 Å². The molecule has 136 valence electrons. The first-order chi connectivity index (χ1) is 11.6. The Kier molecular flexibility index (Phi) is 5.47. The average molecular weight is 349 g/mol. The minimum Gasteiger partial charge on any atom is -0.443 e. The molecule has 2 amide bonds. The molecule has 1 aromatic carbocycles. The summed E-state index contributed by atoms with van der Waals surface area (Å²) >= 11 is 0. The number of carbonyl (C=O) groups is 1. The third-order valence-electron chi connectivity index (χ3n) is 3.75. The number of aliphatic hydroxyl groups is 1. The van der Waals surface area contributed by atoms with Gasteiger partial charge in [0.1, 0.15) is 17.2 Å². The molecule has 0 fully saturated rings. The fraction of sp³-hybridized carbons (Fsp3) is 0.444. The van der Waals surface area contributed by atoms with E-state index in [1.54, 1.807) is 13.1 Å². The first kappa shape index (κ1) is 18.9. The molecule has 7 heteroatoms. The number of urea groups is 1. The summed E-state index contributed by atoms with van der Waals surface area (Å²) in [5, 5.41) is 15.6.